The van der Waals surface area contributed by atoms with Crippen LogP contribution >= 0.6 is 0 Å². The van der Waals surface area contributed by atoms with Crippen LogP contribution in [0.4, 0.5) is 13.2 Å². The van der Waals surface area contributed by atoms with Crippen molar-refractivity contribution in [2.24, 2.45) is 0 Å². The van der Waals surface area contributed by atoms with Gasteiger partial charge in [0.25, 0.3) is 10.0 Å². The van der Waals surface area contributed by atoms with Gasteiger partial charge in [-0.3, -0.25) is 0 Å². The van der Waals surface area contributed by atoms with Crippen molar-refractivity contribution in [3.05, 3.63) is 47.9 Å². The van der Waals surface area contributed by atoms with Gasteiger partial charge in [0.15, 0.2) is 5.03 Å². The molecule has 1 saturated heterocycles. The molecule has 1 aromatic carbocycles. The summed E-state index contributed by atoms with van der Waals surface area (Å²) in [5, 5.41) is -0.0713. The Bertz CT molecular complexity index is 880. The fourth-order valence-electron chi connectivity index (χ4n) is 2.93. The highest BCUT2D eigenvalue weighted by atomic mass is 32.2. The number of ether oxygens (including phenoxy) is 1. The van der Waals surface area contributed by atoms with Crippen LogP contribution in [-0.2, 0) is 20.9 Å². The van der Waals surface area contributed by atoms with Crippen molar-refractivity contribution in [1.29, 1.82) is 0 Å². The van der Waals surface area contributed by atoms with Crippen molar-refractivity contribution in [2.75, 3.05) is 13.1 Å². The van der Waals surface area contributed by atoms with E-state index < -0.39 is 33.5 Å². The first-order valence-electron chi connectivity index (χ1n) is 7.82. The lowest BCUT2D eigenvalue weighted by Gasteiger charge is -2.42. The second-order valence-corrected chi connectivity index (χ2v) is 8.61. The second kappa shape index (κ2) is 6.36. The maximum absolute atomic E-state index is 13.0. The van der Waals surface area contributed by atoms with Crippen LogP contribution in [0.5, 0.6) is 0 Å². The summed E-state index contributed by atoms with van der Waals surface area (Å²) in [4.78, 5) is 6.27. The number of sulfonamides is 1. The Morgan fingerprint density at radius 3 is 2.69 bits per heavy atom. The van der Waals surface area contributed by atoms with E-state index >= 15 is 0 Å². The molecular weight excluding hydrogens is 371 g/mol. The number of aromatic amines is 1. The highest BCUT2D eigenvalue weighted by molar-refractivity contribution is 7.89. The highest BCUT2D eigenvalue weighted by Gasteiger charge is 2.41. The van der Waals surface area contributed by atoms with Gasteiger partial charge in [0, 0.05) is 13.1 Å². The third-order valence-electron chi connectivity index (χ3n) is 4.06. The summed E-state index contributed by atoms with van der Waals surface area (Å²) in [5.74, 6) is 0. The Kier molecular flexibility index (Phi) is 4.62. The van der Waals surface area contributed by atoms with Gasteiger partial charge in [0.05, 0.1) is 29.8 Å². The molecule has 142 valence electrons. The minimum absolute atomic E-state index is 0.0713. The first-order valence-corrected chi connectivity index (χ1v) is 9.26. The number of hydrogen-bond donors (Lipinski definition) is 1. The molecule has 1 N–H and O–H groups in total. The molecule has 3 rings (SSSR count). The molecule has 10 heteroatoms. The molecule has 6 nitrogen and oxygen atoms in total. The number of benzene rings is 1. The van der Waals surface area contributed by atoms with E-state index in [1.165, 1.54) is 29.0 Å². The van der Waals surface area contributed by atoms with Gasteiger partial charge >= 0.3 is 6.18 Å². The fraction of sp³-hybridized carbons (Fsp3) is 0.438. The number of halogens is 3. The number of alkyl halides is 3. The largest absolute Gasteiger partial charge is 0.416 e. The van der Waals surface area contributed by atoms with Gasteiger partial charge in [-0.05, 0) is 31.5 Å². The molecule has 1 unspecified atom stereocenters. The van der Waals surface area contributed by atoms with Gasteiger partial charge in [0.2, 0.25) is 0 Å². The number of imidazole rings is 1. The maximum atomic E-state index is 13.0. The van der Waals surface area contributed by atoms with Crippen LogP contribution in [0.25, 0.3) is 0 Å². The van der Waals surface area contributed by atoms with Gasteiger partial charge in [-0.1, -0.05) is 12.1 Å². The average molecular weight is 389 g/mol. The molecule has 1 atom stereocenters. The van der Waals surface area contributed by atoms with Crippen LogP contribution in [0.1, 0.15) is 31.1 Å². The van der Waals surface area contributed by atoms with Crippen LogP contribution in [0.15, 0.2) is 41.8 Å². The van der Waals surface area contributed by atoms with E-state index in [-0.39, 0.29) is 23.7 Å². The zero-order valence-electron chi connectivity index (χ0n) is 14.1. The molecule has 0 saturated carbocycles. The number of nitrogens with one attached hydrogen (secondary N) is 1. The summed E-state index contributed by atoms with van der Waals surface area (Å²) in [6, 6.07) is 4.75. The SMILES string of the molecule is CC1(C)CN(S(=O)(=O)c2cnc[nH]2)CC(c2cccc(C(F)(F)F)c2)O1. The summed E-state index contributed by atoms with van der Waals surface area (Å²) < 4.78 is 71.5. The summed E-state index contributed by atoms with van der Waals surface area (Å²) in [6.45, 7) is 3.38. The average Bonchev–Trinajstić information content (AvgIpc) is 3.08. The number of morpholine rings is 1. The monoisotopic (exact) mass is 389 g/mol. The van der Waals surface area contributed by atoms with E-state index in [1.54, 1.807) is 13.8 Å². The summed E-state index contributed by atoms with van der Waals surface area (Å²) >= 11 is 0. The van der Waals surface area contributed by atoms with Crippen molar-refractivity contribution < 1.29 is 26.3 Å². The fourth-order valence-corrected chi connectivity index (χ4v) is 4.42. The van der Waals surface area contributed by atoms with Crippen molar-refractivity contribution in [3.8, 4) is 0 Å². The number of rotatable bonds is 3. The van der Waals surface area contributed by atoms with Crippen molar-refractivity contribution >= 4 is 10.0 Å². The van der Waals surface area contributed by atoms with Crippen molar-refractivity contribution in [1.82, 2.24) is 14.3 Å². The number of hydrogen-bond acceptors (Lipinski definition) is 4. The molecule has 0 spiro atoms. The highest BCUT2D eigenvalue weighted by Crippen LogP contribution is 2.36. The van der Waals surface area contributed by atoms with Crippen LogP contribution in [-0.4, -0.2) is 41.4 Å². The predicted molar refractivity (Wildman–Crippen MR) is 86.7 cm³/mol. The molecule has 2 aromatic rings. The van der Waals surface area contributed by atoms with E-state index in [1.807, 2.05) is 0 Å². The first kappa shape index (κ1) is 18.9. The Hall–Kier alpha value is -1.91. The lowest BCUT2D eigenvalue weighted by Crippen LogP contribution is -2.51. The summed E-state index contributed by atoms with van der Waals surface area (Å²) in [7, 11) is -3.86. The quantitative estimate of drug-likeness (QED) is 0.876. The molecule has 26 heavy (non-hydrogen) atoms. The molecular formula is C16H18F3N3O3S. The second-order valence-electron chi connectivity index (χ2n) is 6.70. The summed E-state index contributed by atoms with van der Waals surface area (Å²) in [6.07, 6.45) is -2.86. The van der Waals surface area contributed by atoms with Crippen LogP contribution in [0.2, 0.25) is 0 Å². The molecule has 1 aromatic heterocycles. The third-order valence-corrected chi connectivity index (χ3v) is 5.80. The molecule has 0 bridgehead atoms. The Balaban J connectivity index is 1.94. The molecule has 1 fully saturated rings. The van der Waals surface area contributed by atoms with E-state index in [0.29, 0.717) is 0 Å². The normalized spacial score (nSPS) is 21.7. The Labute approximate surface area is 149 Å². The molecule has 1 aliphatic heterocycles. The minimum Gasteiger partial charge on any atom is -0.365 e. The maximum Gasteiger partial charge on any atom is 0.416 e. The first-order chi connectivity index (χ1) is 12.0. The molecule has 1 aliphatic rings. The van der Waals surface area contributed by atoms with Gasteiger partial charge in [-0.25, -0.2) is 13.4 Å². The van der Waals surface area contributed by atoms with E-state index in [0.717, 1.165) is 12.1 Å². The van der Waals surface area contributed by atoms with Gasteiger partial charge in [-0.2, -0.15) is 17.5 Å². The number of nitrogens with zero attached hydrogens (tertiary/aromatic N) is 2. The molecule has 2 heterocycles. The van der Waals surface area contributed by atoms with E-state index in [2.05, 4.69) is 9.97 Å². The van der Waals surface area contributed by atoms with Gasteiger partial charge < -0.3 is 9.72 Å². The van der Waals surface area contributed by atoms with E-state index in [4.69, 9.17) is 4.74 Å². The van der Waals surface area contributed by atoms with Gasteiger partial charge in [0.1, 0.15) is 0 Å². The lowest BCUT2D eigenvalue weighted by atomic mass is 10.0. The van der Waals surface area contributed by atoms with Crippen molar-refractivity contribution in [3.63, 3.8) is 0 Å². The topological polar surface area (TPSA) is 75.3 Å². The Morgan fingerprint density at radius 1 is 1.35 bits per heavy atom. The van der Waals surface area contributed by atoms with Crippen LogP contribution in [0, 0.1) is 0 Å². The zero-order valence-corrected chi connectivity index (χ0v) is 14.9. The molecule has 0 aliphatic carbocycles. The van der Waals surface area contributed by atoms with Gasteiger partial charge in [-0.15, -0.1) is 0 Å². The molecule has 0 amide bonds. The predicted octanol–water partition coefficient (Wildman–Crippen LogP) is 2.97. The zero-order chi connectivity index (χ0) is 19.2. The Morgan fingerprint density at radius 2 is 2.08 bits per heavy atom. The minimum atomic E-state index is -4.48. The smallest absolute Gasteiger partial charge is 0.365 e. The molecule has 0 radical (unpaired) electrons. The number of H-pyrrole nitrogens is 1. The third kappa shape index (κ3) is 3.76. The number of aromatic nitrogens is 2. The van der Waals surface area contributed by atoms with Crippen LogP contribution in [0.3, 0.4) is 0 Å². The summed E-state index contributed by atoms with van der Waals surface area (Å²) in [5.41, 5.74) is -1.40. The standard InChI is InChI=1S/C16H18F3N3O3S/c1-15(2)9-22(26(23,24)14-7-20-10-21-14)8-13(25-15)11-4-3-5-12(6-11)16(17,18)19/h3-7,10,13H,8-9H2,1-2H3,(H,20,21). The van der Waals surface area contributed by atoms with Crippen LogP contribution < -0.4 is 0 Å². The lowest BCUT2D eigenvalue weighted by molar-refractivity contribution is -0.138. The van der Waals surface area contributed by atoms with E-state index in [9.17, 15) is 21.6 Å². The van der Waals surface area contributed by atoms with Crippen molar-refractivity contribution in [2.45, 2.75) is 36.8 Å².